The molecule has 9 rings (SSSR count). The lowest BCUT2D eigenvalue weighted by Crippen LogP contribution is -2.18. The smallest absolute Gasteiger partial charge is 0.161 e. The van der Waals surface area contributed by atoms with E-state index in [2.05, 4.69) is 103 Å². The second-order valence-electron chi connectivity index (χ2n) is 11.4. The molecule has 4 heteroatoms. The molecular formula is C37H25N3O. The third-order valence-electron chi connectivity index (χ3n) is 8.78. The number of hydrogen-bond donors (Lipinski definition) is 0. The molecule has 1 aliphatic rings. The van der Waals surface area contributed by atoms with Crippen molar-refractivity contribution in [2.75, 3.05) is 0 Å². The first-order chi connectivity index (χ1) is 20.1. The molecule has 0 spiro atoms. The van der Waals surface area contributed by atoms with Gasteiger partial charge in [0.2, 0.25) is 0 Å². The van der Waals surface area contributed by atoms with Gasteiger partial charge in [0.15, 0.2) is 5.82 Å². The molecule has 3 heterocycles. The van der Waals surface area contributed by atoms with Crippen LogP contribution in [0, 0.1) is 0 Å². The molecule has 0 saturated carbocycles. The van der Waals surface area contributed by atoms with Crippen LogP contribution in [0.15, 0.2) is 120 Å². The molecule has 0 bridgehead atoms. The van der Waals surface area contributed by atoms with Gasteiger partial charge in [0.05, 0.1) is 22.1 Å². The molecule has 4 nitrogen and oxygen atoms in total. The molecule has 0 atom stereocenters. The van der Waals surface area contributed by atoms with Gasteiger partial charge in [-0.1, -0.05) is 105 Å². The normalized spacial score (nSPS) is 13.8. The fraction of sp³-hybridized carbons (Fsp3) is 0.0811. The number of hydrogen-bond acceptors (Lipinski definition) is 3. The van der Waals surface area contributed by atoms with Crippen LogP contribution in [0.4, 0.5) is 0 Å². The zero-order valence-electron chi connectivity index (χ0n) is 22.7. The van der Waals surface area contributed by atoms with Crippen LogP contribution in [0.5, 0.6) is 0 Å². The minimum absolute atomic E-state index is 0.266. The van der Waals surface area contributed by atoms with Crippen LogP contribution in [0.25, 0.3) is 72.1 Å². The predicted molar refractivity (Wildman–Crippen MR) is 167 cm³/mol. The van der Waals surface area contributed by atoms with Gasteiger partial charge in [-0.05, 0) is 35.4 Å². The van der Waals surface area contributed by atoms with Crippen molar-refractivity contribution in [1.82, 2.24) is 14.5 Å². The van der Waals surface area contributed by atoms with Gasteiger partial charge < -0.3 is 4.42 Å². The summed E-state index contributed by atoms with van der Waals surface area (Å²) in [6, 6.07) is 40.2. The SMILES string of the molecule is CC1(C)c2ccccc2-c2c(-n3c4ccccc4c4c5oc6ccccc6c5ccc43)nc(-c3ccccc3)nc21. The fourth-order valence-corrected chi connectivity index (χ4v) is 6.86. The highest BCUT2D eigenvalue weighted by Crippen LogP contribution is 2.51. The summed E-state index contributed by atoms with van der Waals surface area (Å²) in [6.45, 7) is 4.54. The van der Waals surface area contributed by atoms with E-state index < -0.39 is 0 Å². The van der Waals surface area contributed by atoms with Crippen LogP contribution in [0.3, 0.4) is 0 Å². The van der Waals surface area contributed by atoms with Gasteiger partial charge in [0, 0.05) is 32.7 Å². The number of para-hydroxylation sites is 2. The maximum atomic E-state index is 6.55. The van der Waals surface area contributed by atoms with Crippen molar-refractivity contribution in [3.8, 4) is 28.3 Å². The Morgan fingerprint density at radius 2 is 1.37 bits per heavy atom. The molecule has 0 fully saturated rings. The molecule has 8 aromatic rings. The highest BCUT2D eigenvalue weighted by atomic mass is 16.3. The number of rotatable bonds is 2. The topological polar surface area (TPSA) is 43.9 Å². The van der Waals surface area contributed by atoms with E-state index in [9.17, 15) is 0 Å². The minimum Gasteiger partial charge on any atom is -0.455 e. The summed E-state index contributed by atoms with van der Waals surface area (Å²) in [7, 11) is 0. The minimum atomic E-state index is -0.266. The maximum absolute atomic E-state index is 6.55. The Labute approximate surface area is 236 Å². The van der Waals surface area contributed by atoms with Gasteiger partial charge in [-0.15, -0.1) is 0 Å². The van der Waals surface area contributed by atoms with Gasteiger partial charge in [-0.25, -0.2) is 9.97 Å². The Morgan fingerprint density at radius 3 is 2.24 bits per heavy atom. The number of furan rings is 1. The summed E-state index contributed by atoms with van der Waals surface area (Å²) < 4.78 is 8.87. The van der Waals surface area contributed by atoms with Crippen molar-refractivity contribution < 1.29 is 4.42 Å². The Morgan fingerprint density at radius 1 is 0.634 bits per heavy atom. The molecule has 0 unspecified atom stereocenters. The second-order valence-corrected chi connectivity index (χ2v) is 11.4. The molecule has 0 saturated heterocycles. The first kappa shape index (κ1) is 22.6. The van der Waals surface area contributed by atoms with Crippen LogP contribution >= 0.6 is 0 Å². The summed E-state index contributed by atoms with van der Waals surface area (Å²) >= 11 is 0. The summed E-state index contributed by atoms with van der Waals surface area (Å²) in [5.74, 6) is 1.63. The zero-order valence-corrected chi connectivity index (χ0v) is 22.7. The first-order valence-corrected chi connectivity index (χ1v) is 14.0. The molecule has 1 aliphatic carbocycles. The maximum Gasteiger partial charge on any atom is 0.161 e. The Kier molecular flexibility index (Phi) is 4.36. The standard InChI is InChI=1S/C37H25N3O/c1-37(2)27-17-9-6-15-25(27)32-34(37)38-35(22-12-4-3-5-13-22)39-36(32)40-28-18-10-7-16-26(28)31-29(40)21-20-24-23-14-8-11-19-30(23)41-33(24)31/h3-21H,1-2H3. The van der Waals surface area contributed by atoms with Crippen molar-refractivity contribution in [2.45, 2.75) is 19.3 Å². The highest BCUT2D eigenvalue weighted by Gasteiger charge is 2.40. The third kappa shape index (κ3) is 2.94. The van der Waals surface area contributed by atoms with Crippen molar-refractivity contribution in [3.63, 3.8) is 0 Å². The van der Waals surface area contributed by atoms with Crippen molar-refractivity contribution in [2.24, 2.45) is 0 Å². The molecule has 5 aromatic carbocycles. The Balaban J connectivity index is 1.48. The number of benzene rings is 5. The van der Waals surface area contributed by atoms with Crippen LogP contribution in [0.2, 0.25) is 0 Å². The van der Waals surface area contributed by atoms with Crippen LogP contribution in [-0.2, 0) is 5.41 Å². The van der Waals surface area contributed by atoms with Crippen LogP contribution in [-0.4, -0.2) is 14.5 Å². The van der Waals surface area contributed by atoms with Crippen molar-refractivity contribution in [1.29, 1.82) is 0 Å². The monoisotopic (exact) mass is 527 g/mol. The quantitative estimate of drug-likeness (QED) is 0.225. The molecule has 3 aromatic heterocycles. The van der Waals surface area contributed by atoms with Crippen molar-refractivity contribution >= 4 is 43.7 Å². The average Bonchev–Trinajstić information content (AvgIpc) is 3.63. The molecule has 0 amide bonds. The predicted octanol–water partition coefficient (Wildman–Crippen LogP) is 9.45. The summed E-state index contributed by atoms with van der Waals surface area (Å²) in [5.41, 5.74) is 9.33. The summed E-state index contributed by atoms with van der Waals surface area (Å²) in [6.07, 6.45) is 0. The molecule has 0 radical (unpaired) electrons. The van der Waals surface area contributed by atoms with E-state index in [-0.39, 0.29) is 5.41 Å². The molecule has 41 heavy (non-hydrogen) atoms. The van der Waals surface area contributed by atoms with Gasteiger partial charge in [-0.3, -0.25) is 4.57 Å². The lowest BCUT2D eigenvalue weighted by atomic mass is 9.85. The Bertz CT molecular complexity index is 2340. The van der Waals surface area contributed by atoms with E-state index in [0.29, 0.717) is 0 Å². The third-order valence-corrected chi connectivity index (χ3v) is 8.78. The molecule has 0 N–H and O–H groups in total. The van der Waals surface area contributed by atoms with E-state index in [4.69, 9.17) is 14.4 Å². The zero-order chi connectivity index (χ0) is 27.3. The number of aromatic nitrogens is 3. The van der Waals surface area contributed by atoms with E-state index in [0.717, 1.165) is 72.2 Å². The highest BCUT2D eigenvalue weighted by molar-refractivity contribution is 6.24. The lowest BCUT2D eigenvalue weighted by molar-refractivity contribution is 0.635. The summed E-state index contributed by atoms with van der Waals surface area (Å²) in [5, 5.41) is 4.51. The Hall–Kier alpha value is -5.22. The average molecular weight is 528 g/mol. The fourth-order valence-electron chi connectivity index (χ4n) is 6.86. The number of nitrogens with zero attached hydrogens (tertiary/aromatic N) is 3. The van der Waals surface area contributed by atoms with Gasteiger partial charge in [0.1, 0.15) is 17.0 Å². The van der Waals surface area contributed by atoms with Crippen molar-refractivity contribution in [3.05, 3.63) is 127 Å². The van der Waals surface area contributed by atoms with Gasteiger partial charge >= 0.3 is 0 Å². The second kappa shape index (κ2) is 7.92. The van der Waals surface area contributed by atoms with E-state index in [1.165, 1.54) is 11.1 Å². The largest absolute Gasteiger partial charge is 0.455 e. The molecule has 0 aliphatic heterocycles. The van der Waals surface area contributed by atoms with E-state index in [1.807, 2.05) is 30.3 Å². The first-order valence-electron chi connectivity index (χ1n) is 14.0. The van der Waals surface area contributed by atoms with E-state index >= 15 is 0 Å². The van der Waals surface area contributed by atoms with Crippen LogP contribution in [0.1, 0.15) is 25.1 Å². The summed E-state index contributed by atoms with van der Waals surface area (Å²) in [4.78, 5) is 10.6. The van der Waals surface area contributed by atoms with Gasteiger partial charge in [-0.2, -0.15) is 0 Å². The molecule has 194 valence electrons. The van der Waals surface area contributed by atoms with E-state index in [1.54, 1.807) is 0 Å². The lowest BCUT2D eigenvalue weighted by Gasteiger charge is -2.21. The van der Waals surface area contributed by atoms with Crippen LogP contribution < -0.4 is 0 Å². The van der Waals surface area contributed by atoms with Gasteiger partial charge in [0.25, 0.3) is 0 Å². The number of fused-ring (bicyclic) bond motifs is 10. The molecular weight excluding hydrogens is 502 g/mol.